The Labute approximate surface area is 167 Å². The normalized spacial score (nSPS) is 21.3. The number of anilines is 1. The highest BCUT2D eigenvalue weighted by Crippen LogP contribution is 2.27. The van der Waals surface area contributed by atoms with Crippen LogP contribution < -0.4 is 10.2 Å². The zero-order valence-electron chi connectivity index (χ0n) is 15.2. The lowest BCUT2D eigenvalue weighted by atomic mass is 9.93. The van der Waals surface area contributed by atoms with Crippen molar-refractivity contribution in [2.45, 2.75) is 51.0 Å². The standard InChI is InChI=1S/C18H27N5O.2ClH/c24-17-12-22(10-11-23(17)14-4-2-1-3-5-14)18-15-6-8-19-9-7-16(15)20-13-21-18;;/h13-14,19H,1-12H2;2*1H. The molecule has 0 aromatic carbocycles. The van der Waals surface area contributed by atoms with Crippen LogP contribution >= 0.6 is 24.8 Å². The molecule has 1 saturated carbocycles. The molecule has 1 saturated heterocycles. The lowest BCUT2D eigenvalue weighted by molar-refractivity contribution is -0.134. The molecule has 3 heterocycles. The molecule has 1 aromatic rings. The van der Waals surface area contributed by atoms with Gasteiger partial charge in [-0.15, -0.1) is 24.8 Å². The summed E-state index contributed by atoms with van der Waals surface area (Å²) in [6.07, 6.45) is 9.78. The van der Waals surface area contributed by atoms with Crippen LogP contribution in [0.3, 0.4) is 0 Å². The Balaban J connectivity index is 0.00000121. The first kappa shape index (κ1) is 21.2. The van der Waals surface area contributed by atoms with Gasteiger partial charge in [0.2, 0.25) is 5.91 Å². The summed E-state index contributed by atoms with van der Waals surface area (Å²) in [7, 11) is 0. The minimum absolute atomic E-state index is 0. The number of hydrogen-bond donors (Lipinski definition) is 1. The monoisotopic (exact) mass is 401 g/mol. The molecule has 146 valence electrons. The molecule has 26 heavy (non-hydrogen) atoms. The van der Waals surface area contributed by atoms with Gasteiger partial charge in [0.1, 0.15) is 12.1 Å². The summed E-state index contributed by atoms with van der Waals surface area (Å²) in [6, 6.07) is 0.472. The number of aromatic nitrogens is 2. The maximum absolute atomic E-state index is 12.7. The largest absolute Gasteiger partial charge is 0.345 e. The molecule has 4 rings (SSSR count). The van der Waals surface area contributed by atoms with E-state index in [2.05, 4.69) is 25.1 Å². The SMILES string of the molecule is Cl.Cl.O=C1CN(c2ncnc3c2CCNCC3)CCN1C1CCCCC1. The molecular formula is C18H29Cl2N5O. The number of rotatable bonds is 2. The molecule has 0 unspecified atom stereocenters. The lowest BCUT2D eigenvalue weighted by Gasteiger charge is -2.41. The molecule has 1 aliphatic carbocycles. The fraction of sp³-hybridized carbons (Fsp3) is 0.722. The van der Waals surface area contributed by atoms with E-state index in [4.69, 9.17) is 0 Å². The van der Waals surface area contributed by atoms with Crippen molar-refractivity contribution in [1.82, 2.24) is 20.2 Å². The van der Waals surface area contributed by atoms with Gasteiger partial charge in [-0.2, -0.15) is 0 Å². The second kappa shape index (κ2) is 9.72. The van der Waals surface area contributed by atoms with E-state index in [-0.39, 0.29) is 30.7 Å². The zero-order chi connectivity index (χ0) is 16.4. The first-order valence-corrected chi connectivity index (χ1v) is 9.41. The number of halogens is 2. The molecule has 0 radical (unpaired) electrons. The third-order valence-corrected chi connectivity index (χ3v) is 5.67. The molecule has 6 nitrogen and oxygen atoms in total. The van der Waals surface area contributed by atoms with E-state index in [1.807, 2.05) is 0 Å². The lowest BCUT2D eigenvalue weighted by Crippen LogP contribution is -2.54. The summed E-state index contributed by atoms with van der Waals surface area (Å²) in [5.74, 6) is 1.26. The van der Waals surface area contributed by atoms with E-state index in [1.165, 1.54) is 37.7 Å². The van der Waals surface area contributed by atoms with Crippen LogP contribution in [-0.4, -0.2) is 59.5 Å². The van der Waals surface area contributed by atoms with Crippen molar-refractivity contribution in [1.29, 1.82) is 0 Å². The van der Waals surface area contributed by atoms with Crippen molar-refractivity contribution in [2.24, 2.45) is 0 Å². The minimum Gasteiger partial charge on any atom is -0.345 e. The molecule has 3 aliphatic rings. The van der Waals surface area contributed by atoms with Gasteiger partial charge in [-0.25, -0.2) is 9.97 Å². The van der Waals surface area contributed by atoms with Crippen LogP contribution in [-0.2, 0) is 17.6 Å². The number of carbonyl (C=O) groups is 1. The quantitative estimate of drug-likeness (QED) is 0.820. The van der Waals surface area contributed by atoms with E-state index in [0.717, 1.165) is 50.5 Å². The second-order valence-corrected chi connectivity index (χ2v) is 7.17. The fourth-order valence-electron chi connectivity index (χ4n) is 4.37. The molecule has 0 spiro atoms. The van der Waals surface area contributed by atoms with E-state index in [1.54, 1.807) is 6.33 Å². The predicted octanol–water partition coefficient (Wildman–Crippen LogP) is 1.99. The third-order valence-electron chi connectivity index (χ3n) is 5.67. The summed E-state index contributed by atoms with van der Waals surface area (Å²) in [5.41, 5.74) is 2.38. The molecule has 2 fully saturated rings. The van der Waals surface area contributed by atoms with E-state index >= 15 is 0 Å². The molecular weight excluding hydrogens is 373 g/mol. The highest BCUT2D eigenvalue weighted by Gasteiger charge is 2.32. The van der Waals surface area contributed by atoms with Crippen LogP contribution in [0.4, 0.5) is 5.82 Å². The van der Waals surface area contributed by atoms with Crippen molar-refractivity contribution >= 4 is 36.5 Å². The number of nitrogens with zero attached hydrogens (tertiary/aromatic N) is 4. The van der Waals surface area contributed by atoms with Gasteiger partial charge in [0, 0.05) is 37.7 Å². The van der Waals surface area contributed by atoms with Crippen LogP contribution in [0, 0.1) is 0 Å². The van der Waals surface area contributed by atoms with Crippen molar-refractivity contribution in [3.8, 4) is 0 Å². The van der Waals surface area contributed by atoms with Crippen molar-refractivity contribution in [3.63, 3.8) is 0 Å². The van der Waals surface area contributed by atoms with Crippen LogP contribution in [0.2, 0.25) is 0 Å². The van der Waals surface area contributed by atoms with Crippen molar-refractivity contribution < 1.29 is 4.79 Å². The molecule has 8 heteroatoms. The number of nitrogens with one attached hydrogen (secondary N) is 1. The minimum atomic E-state index is 0. The van der Waals surface area contributed by atoms with Gasteiger partial charge in [-0.1, -0.05) is 19.3 Å². The zero-order valence-corrected chi connectivity index (χ0v) is 16.8. The van der Waals surface area contributed by atoms with Gasteiger partial charge in [-0.05, 0) is 25.8 Å². The second-order valence-electron chi connectivity index (χ2n) is 7.17. The molecule has 1 amide bonds. The number of amides is 1. The molecule has 1 N–H and O–H groups in total. The van der Waals surface area contributed by atoms with Gasteiger partial charge < -0.3 is 15.1 Å². The van der Waals surface area contributed by atoms with E-state index in [9.17, 15) is 4.79 Å². The topological polar surface area (TPSA) is 61.4 Å². The van der Waals surface area contributed by atoms with Gasteiger partial charge in [0.05, 0.1) is 12.2 Å². The maximum Gasteiger partial charge on any atom is 0.242 e. The van der Waals surface area contributed by atoms with E-state index < -0.39 is 0 Å². The summed E-state index contributed by atoms with van der Waals surface area (Å²) in [5, 5.41) is 3.42. The van der Waals surface area contributed by atoms with Gasteiger partial charge in [-0.3, -0.25) is 4.79 Å². The van der Waals surface area contributed by atoms with Crippen LogP contribution in [0.5, 0.6) is 0 Å². The Morgan fingerprint density at radius 1 is 1.00 bits per heavy atom. The first-order chi connectivity index (χ1) is 11.8. The predicted molar refractivity (Wildman–Crippen MR) is 108 cm³/mol. The molecule has 2 aliphatic heterocycles. The van der Waals surface area contributed by atoms with Gasteiger partial charge in [0.15, 0.2) is 0 Å². The van der Waals surface area contributed by atoms with Crippen LogP contribution in [0.15, 0.2) is 6.33 Å². The Bertz CT molecular complexity index is 609. The summed E-state index contributed by atoms with van der Waals surface area (Å²) >= 11 is 0. The molecule has 0 bridgehead atoms. The Hall–Kier alpha value is -1.11. The van der Waals surface area contributed by atoms with Gasteiger partial charge >= 0.3 is 0 Å². The summed E-state index contributed by atoms with van der Waals surface area (Å²) < 4.78 is 0. The van der Waals surface area contributed by atoms with Crippen LogP contribution in [0.25, 0.3) is 0 Å². The van der Waals surface area contributed by atoms with Crippen molar-refractivity contribution in [2.75, 3.05) is 37.6 Å². The Morgan fingerprint density at radius 2 is 1.77 bits per heavy atom. The molecule has 1 aromatic heterocycles. The Morgan fingerprint density at radius 3 is 2.54 bits per heavy atom. The smallest absolute Gasteiger partial charge is 0.242 e. The number of fused-ring (bicyclic) bond motifs is 1. The highest BCUT2D eigenvalue weighted by atomic mass is 35.5. The average molecular weight is 402 g/mol. The molecule has 0 atom stereocenters. The number of piperazine rings is 1. The van der Waals surface area contributed by atoms with Crippen molar-refractivity contribution in [3.05, 3.63) is 17.6 Å². The third kappa shape index (κ3) is 4.41. The summed E-state index contributed by atoms with van der Waals surface area (Å²) in [6.45, 7) is 4.12. The Kier molecular flexibility index (Phi) is 7.92. The van der Waals surface area contributed by atoms with Gasteiger partial charge in [0.25, 0.3) is 0 Å². The van der Waals surface area contributed by atoms with Crippen LogP contribution in [0.1, 0.15) is 43.4 Å². The number of hydrogen-bond acceptors (Lipinski definition) is 5. The summed E-state index contributed by atoms with van der Waals surface area (Å²) in [4.78, 5) is 26.1. The first-order valence-electron chi connectivity index (χ1n) is 9.41. The van der Waals surface area contributed by atoms with E-state index in [0.29, 0.717) is 12.6 Å². The average Bonchev–Trinajstić information content (AvgIpc) is 2.87. The fourth-order valence-corrected chi connectivity index (χ4v) is 4.37. The number of carbonyl (C=O) groups excluding carboxylic acids is 1. The maximum atomic E-state index is 12.7. The highest BCUT2D eigenvalue weighted by molar-refractivity contribution is 5.85.